The third-order valence-corrected chi connectivity index (χ3v) is 4.92. The maximum atomic E-state index is 11.9. The summed E-state index contributed by atoms with van der Waals surface area (Å²) < 4.78 is 0. The lowest BCUT2D eigenvalue weighted by Crippen LogP contribution is -2.41. The standard InChI is InChI=1S/C15H20O3/c1-9(14(17)18)11-4-5-12-6-7-13(16)10(2)15(12,3)8-11/h6,10-11H,1,4-5,7-8H2,2-3H3,(H,17,18). The zero-order valence-corrected chi connectivity index (χ0v) is 11.0. The molecule has 2 rings (SSSR count). The number of Topliss-reactive ketones (excluding diaryl/α,β-unsaturated/α-hetero) is 1. The summed E-state index contributed by atoms with van der Waals surface area (Å²) in [7, 11) is 0. The maximum Gasteiger partial charge on any atom is 0.331 e. The number of aliphatic carboxylic acids is 1. The first-order chi connectivity index (χ1) is 8.36. The number of carbonyl (C=O) groups excluding carboxylic acids is 1. The Balaban J connectivity index is 2.27. The number of hydrogen-bond donors (Lipinski definition) is 1. The minimum absolute atomic E-state index is 0.00185. The first kappa shape index (κ1) is 13.1. The van der Waals surface area contributed by atoms with Crippen molar-refractivity contribution in [2.45, 2.75) is 39.5 Å². The lowest BCUT2D eigenvalue weighted by Gasteiger charge is -2.46. The first-order valence-electron chi connectivity index (χ1n) is 6.50. The molecule has 98 valence electrons. The summed E-state index contributed by atoms with van der Waals surface area (Å²) in [5, 5.41) is 9.05. The molecule has 3 heteroatoms. The summed E-state index contributed by atoms with van der Waals surface area (Å²) in [5.41, 5.74) is 1.46. The molecule has 0 bridgehead atoms. The van der Waals surface area contributed by atoms with Crippen LogP contribution in [0.1, 0.15) is 39.5 Å². The molecule has 3 unspecified atom stereocenters. The van der Waals surface area contributed by atoms with E-state index in [1.54, 1.807) is 0 Å². The third-order valence-electron chi connectivity index (χ3n) is 4.92. The topological polar surface area (TPSA) is 54.4 Å². The van der Waals surface area contributed by atoms with Gasteiger partial charge in [-0.15, -0.1) is 0 Å². The van der Waals surface area contributed by atoms with Crippen LogP contribution >= 0.6 is 0 Å². The van der Waals surface area contributed by atoms with Crippen molar-refractivity contribution in [2.24, 2.45) is 17.3 Å². The summed E-state index contributed by atoms with van der Waals surface area (Å²) in [6.45, 7) is 7.76. The molecule has 0 aromatic rings. The summed E-state index contributed by atoms with van der Waals surface area (Å²) in [5.74, 6) is -0.659. The number of ketones is 1. The fourth-order valence-corrected chi connectivity index (χ4v) is 3.38. The normalized spacial score (nSPS) is 35.7. The number of carboxylic acid groups (broad SMARTS) is 1. The second kappa shape index (κ2) is 4.38. The van der Waals surface area contributed by atoms with Crippen LogP contribution in [0, 0.1) is 17.3 Å². The Morgan fingerprint density at radius 2 is 2.22 bits per heavy atom. The van der Waals surface area contributed by atoms with Crippen molar-refractivity contribution in [3.8, 4) is 0 Å². The Morgan fingerprint density at radius 1 is 1.56 bits per heavy atom. The van der Waals surface area contributed by atoms with E-state index in [2.05, 4.69) is 19.6 Å². The molecular formula is C15H20O3. The zero-order valence-electron chi connectivity index (χ0n) is 11.0. The van der Waals surface area contributed by atoms with Gasteiger partial charge in [-0.1, -0.05) is 32.1 Å². The summed E-state index contributed by atoms with van der Waals surface area (Å²) in [6.07, 6.45) is 5.06. The molecule has 18 heavy (non-hydrogen) atoms. The van der Waals surface area contributed by atoms with Gasteiger partial charge in [0.15, 0.2) is 0 Å². The van der Waals surface area contributed by atoms with Crippen LogP contribution in [0.5, 0.6) is 0 Å². The molecule has 0 aromatic carbocycles. The summed E-state index contributed by atoms with van der Waals surface area (Å²) in [4.78, 5) is 22.9. The molecule has 0 heterocycles. The fraction of sp³-hybridized carbons (Fsp3) is 0.600. The van der Waals surface area contributed by atoms with Gasteiger partial charge < -0.3 is 5.11 Å². The van der Waals surface area contributed by atoms with E-state index in [0.29, 0.717) is 12.0 Å². The van der Waals surface area contributed by atoms with Crippen LogP contribution in [0.25, 0.3) is 0 Å². The van der Waals surface area contributed by atoms with E-state index < -0.39 is 5.97 Å². The highest BCUT2D eigenvalue weighted by Gasteiger charge is 2.45. The van der Waals surface area contributed by atoms with Crippen LogP contribution < -0.4 is 0 Å². The van der Waals surface area contributed by atoms with Gasteiger partial charge in [-0.25, -0.2) is 4.79 Å². The van der Waals surface area contributed by atoms with E-state index in [-0.39, 0.29) is 23.0 Å². The van der Waals surface area contributed by atoms with E-state index in [4.69, 9.17) is 5.11 Å². The van der Waals surface area contributed by atoms with E-state index in [1.807, 2.05) is 6.92 Å². The fourth-order valence-electron chi connectivity index (χ4n) is 3.38. The van der Waals surface area contributed by atoms with Gasteiger partial charge in [0.25, 0.3) is 0 Å². The van der Waals surface area contributed by atoms with Gasteiger partial charge >= 0.3 is 5.97 Å². The number of rotatable bonds is 2. The first-order valence-corrected chi connectivity index (χ1v) is 6.50. The van der Waals surface area contributed by atoms with Crippen LogP contribution in [-0.4, -0.2) is 16.9 Å². The van der Waals surface area contributed by atoms with Crippen LogP contribution in [0.4, 0.5) is 0 Å². The molecule has 0 radical (unpaired) electrons. The van der Waals surface area contributed by atoms with Crippen molar-refractivity contribution >= 4 is 11.8 Å². The molecular weight excluding hydrogens is 228 g/mol. The SMILES string of the molecule is C=C(C(=O)O)C1CCC2=CCC(=O)C(C)C2(C)C1. The Bertz CT molecular complexity index is 447. The molecule has 0 spiro atoms. The van der Waals surface area contributed by atoms with Gasteiger partial charge in [-0.2, -0.15) is 0 Å². The molecule has 2 aliphatic carbocycles. The maximum absolute atomic E-state index is 11.9. The Hall–Kier alpha value is -1.38. The quantitative estimate of drug-likeness (QED) is 0.603. The zero-order chi connectivity index (χ0) is 13.5. The lowest BCUT2D eigenvalue weighted by atomic mass is 9.57. The summed E-state index contributed by atoms with van der Waals surface area (Å²) in [6, 6.07) is 0. The Labute approximate surface area is 108 Å². The van der Waals surface area contributed by atoms with E-state index in [0.717, 1.165) is 19.3 Å². The molecule has 3 atom stereocenters. The van der Waals surface area contributed by atoms with Crippen molar-refractivity contribution < 1.29 is 14.7 Å². The third kappa shape index (κ3) is 1.92. The van der Waals surface area contributed by atoms with Gasteiger partial charge in [0.2, 0.25) is 0 Å². The molecule has 2 aliphatic rings. The number of carboxylic acids is 1. The van der Waals surface area contributed by atoms with Gasteiger partial charge in [0, 0.05) is 17.9 Å². The molecule has 3 nitrogen and oxygen atoms in total. The Kier molecular flexibility index (Phi) is 3.18. The van der Waals surface area contributed by atoms with Crippen LogP contribution in [0.15, 0.2) is 23.8 Å². The molecule has 1 N–H and O–H groups in total. The Morgan fingerprint density at radius 3 is 2.83 bits per heavy atom. The number of allylic oxidation sites excluding steroid dienone is 2. The highest BCUT2D eigenvalue weighted by Crippen LogP contribution is 2.52. The highest BCUT2D eigenvalue weighted by atomic mass is 16.4. The lowest BCUT2D eigenvalue weighted by molar-refractivity contribution is -0.133. The van der Waals surface area contributed by atoms with Crippen molar-refractivity contribution in [3.05, 3.63) is 23.8 Å². The average molecular weight is 248 g/mol. The molecule has 0 amide bonds. The van der Waals surface area contributed by atoms with E-state index >= 15 is 0 Å². The minimum atomic E-state index is -0.911. The van der Waals surface area contributed by atoms with Crippen LogP contribution in [-0.2, 0) is 9.59 Å². The minimum Gasteiger partial charge on any atom is -0.478 e. The molecule has 1 fully saturated rings. The predicted octanol–water partition coefficient (Wildman–Crippen LogP) is 2.97. The van der Waals surface area contributed by atoms with Gasteiger partial charge in [0.1, 0.15) is 5.78 Å². The van der Waals surface area contributed by atoms with Crippen LogP contribution in [0.3, 0.4) is 0 Å². The van der Waals surface area contributed by atoms with Gasteiger partial charge in [-0.05, 0) is 30.6 Å². The van der Waals surface area contributed by atoms with Crippen LogP contribution in [0.2, 0.25) is 0 Å². The smallest absolute Gasteiger partial charge is 0.331 e. The molecule has 1 saturated carbocycles. The largest absolute Gasteiger partial charge is 0.478 e. The average Bonchev–Trinajstić information content (AvgIpc) is 2.33. The highest BCUT2D eigenvalue weighted by molar-refractivity contribution is 5.87. The second-order valence-corrected chi connectivity index (χ2v) is 5.81. The van der Waals surface area contributed by atoms with E-state index in [1.165, 1.54) is 5.57 Å². The van der Waals surface area contributed by atoms with Crippen molar-refractivity contribution in [3.63, 3.8) is 0 Å². The van der Waals surface area contributed by atoms with Gasteiger partial charge in [-0.3, -0.25) is 4.79 Å². The van der Waals surface area contributed by atoms with Crippen molar-refractivity contribution in [2.75, 3.05) is 0 Å². The van der Waals surface area contributed by atoms with Crippen molar-refractivity contribution in [1.29, 1.82) is 0 Å². The second-order valence-electron chi connectivity index (χ2n) is 5.81. The van der Waals surface area contributed by atoms with Crippen molar-refractivity contribution in [1.82, 2.24) is 0 Å². The van der Waals surface area contributed by atoms with Gasteiger partial charge in [0.05, 0.1) is 0 Å². The number of carbonyl (C=O) groups is 2. The van der Waals surface area contributed by atoms with E-state index in [9.17, 15) is 9.59 Å². The molecule has 0 aromatic heterocycles. The predicted molar refractivity (Wildman–Crippen MR) is 69.1 cm³/mol. The monoisotopic (exact) mass is 248 g/mol. The number of fused-ring (bicyclic) bond motifs is 1. The molecule has 0 saturated heterocycles. The molecule has 0 aliphatic heterocycles. The number of hydrogen-bond acceptors (Lipinski definition) is 2. The summed E-state index contributed by atoms with van der Waals surface area (Å²) >= 11 is 0.